The van der Waals surface area contributed by atoms with E-state index in [0.717, 1.165) is 0 Å². The van der Waals surface area contributed by atoms with Crippen LogP contribution in [0, 0.1) is 0 Å². The van der Waals surface area contributed by atoms with Crippen molar-refractivity contribution < 1.29 is 0 Å². The molecule has 3 nitrogen and oxygen atoms in total. The maximum atomic E-state index is 5.07. The highest BCUT2D eigenvalue weighted by Crippen LogP contribution is 2.37. The minimum absolute atomic E-state index is 0.0957. The molecule has 0 unspecified atom stereocenters. The monoisotopic (exact) mass is 151 g/mol. The number of hydrogen-bond donors (Lipinski definition) is 2. The normalized spacial score (nSPS) is 10.8. The third kappa shape index (κ3) is 5.92. The molecule has 0 atom stereocenters. The SMILES string of the molecule is CP(C)(=S)N=C(N)N. The highest BCUT2D eigenvalue weighted by atomic mass is 32.4. The topological polar surface area (TPSA) is 64.4 Å². The van der Waals surface area contributed by atoms with E-state index in [0.29, 0.717) is 0 Å². The largest absolute Gasteiger partial charge is 0.370 e. The van der Waals surface area contributed by atoms with Crippen LogP contribution in [0.15, 0.2) is 4.76 Å². The standard InChI is InChI=1S/C3H10N3PS/c1-7(2,8)6-3(4)5/h1-2H3,(H4,4,5,6,8). The van der Waals surface area contributed by atoms with E-state index in [2.05, 4.69) is 4.76 Å². The second-order valence-corrected chi connectivity index (χ2v) is 7.29. The van der Waals surface area contributed by atoms with E-state index in [1.165, 1.54) is 0 Å². The van der Waals surface area contributed by atoms with Gasteiger partial charge in [-0.15, -0.1) is 0 Å². The van der Waals surface area contributed by atoms with E-state index < -0.39 is 6.19 Å². The van der Waals surface area contributed by atoms with E-state index >= 15 is 0 Å². The van der Waals surface area contributed by atoms with Crippen LogP contribution in [-0.4, -0.2) is 19.3 Å². The zero-order valence-electron chi connectivity index (χ0n) is 4.96. The van der Waals surface area contributed by atoms with Crippen molar-refractivity contribution in [2.24, 2.45) is 16.2 Å². The van der Waals surface area contributed by atoms with Gasteiger partial charge < -0.3 is 11.5 Å². The third-order valence-corrected chi connectivity index (χ3v) is 1.31. The van der Waals surface area contributed by atoms with Gasteiger partial charge in [-0.05, 0) is 13.3 Å². The molecule has 0 saturated heterocycles. The maximum Gasteiger partial charge on any atom is 0.190 e. The van der Waals surface area contributed by atoms with E-state index in [1.807, 2.05) is 13.3 Å². The molecule has 0 rings (SSSR count). The van der Waals surface area contributed by atoms with Crippen LogP contribution in [0.1, 0.15) is 0 Å². The summed E-state index contributed by atoms with van der Waals surface area (Å²) in [4.78, 5) is 0. The zero-order chi connectivity index (χ0) is 6.78. The van der Waals surface area contributed by atoms with Crippen LogP contribution in [-0.2, 0) is 11.8 Å². The highest BCUT2D eigenvalue weighted by Gasteiger charge is 1.95. The molecule has 48 valence electrons. The average molecular weight is 151 g/mol. The van der Waals surface area contributed by atoms with Gasteiger partial charge >= 0.3 is 0 Å². The summed E-state index contributed by atoms with van der Waals surface area (Å²) < 4.78 is 3.81. The Kier molecular flexibility index (Phi) is 2.44. The Hall–Kier alpha value is -0.0800. The van der Waals surface area contributed by atoms with E-state index in [-0.39, 0.29) is 5.96 Å². The van der Waals surface area contributed by atoms with Crippen LogP contribution in [0.2, 0.25) is 0 Å². The number of guanidine groups is 1. The Morgan fingerprint density at radius 2 is 1.88 bits per heavy atom. The summed E-state index contributed by atoms with van der Waals surface area (Å²) in [5.74, 6) is 0.0957. The van der Waals surface area contributed by atoms with Gasteiger partial charge in [0, 0.05) is 0 Å². The molecule has 5 heteroatoms. The molecular formula is C3H10N3PS. The highest BCUT2D eigenvalue weighted by molar-refractivity contribution is 8.13. The Labute approximate surface area is 54.2 Å². The van der Waals surface area contributed by atoms with Crippen molar-refractivity contribution >= 4 is 24.0 Å². The lowest BCUT2D eigenvalue weighted by Gasteiger charge is -2.00. The van der Waals surface area contributed by atoms with Crippen LogP contribution in [0.4, 0.5) is 0 Å². The molecule has 0 bridgehead atoms. The van der Waals surface area contributed by atoms with Crippen molar-refractivity contribution in [3.8, 4) is 0 Å². The number of nitrogens with zero attached hydrogens (tertiary/aromatic N) is 1. The molecule has 0 amide bonds. The van der Waals surface area contributed by atoms with Gasteiger partial charge in [-0.25, -0.2) is 4.76 Å². The lowest BCUT2D eigenvalue weighted by atomic mass is 11.1. The number of hydrogen-bond acceptors (Lipinski definition) is 1. The Bertz CT molecular complexity index is 143. The first-order chi connectivity index (χ1) is 3.42. The predicted molar refractivity (Wildman–Crippen MR) is 41.9 cm³/mol. The first kappa shape index (κ1) is 7.92. The summed E-state index contributed by atoms with van der Waals surface area (Å²) in [6.07, 6.45) is -1.55. The van der Waals surface area contributed by atoms with Gasteiger partial charge in [-0.1, -0.05) is 11.8 Å². The van der Waals surface area contributed by atoms with Crippen LogP contribution < -0.4 is 11.5 Å². The fourth-order valence-electron chi connectivity index (χ4n) is 0.278. The fraction of sp³-hybridized carbons (Fsp3) is 0.667. The van der Waals surface area contributed by atoms with Crippen LogP contribution >= 0.6 is 6.19 Å². The first-order valence-corrected chi connectivity index (χ1v) is 5.73. The minimum Gasteiger partial charge on any atom is -0.370 e. The maximum absolute atomic E-state index is 5.07. The fourth-order valence-corrected chi connectivity index (χ4v) is 1.12. The molecule has 0 aromatic heterocycles. The van der Waals surface area contributed by atoms with Crippen LogP contribution in [0.25, 0.3) is 0 Å². The molecule has 0 aromatic carbocycles. The average Bonchev–Trinajstić information content (AvgIpc) is 1.21. The minimum atomic E-state index is -1.55. The van der Waals surface area contributed by atoms with Crippen LogP contribution in [0.5, 0.6) is 0 Å². The summed E-state index contributed by atoms with van der Waals surface area (Å²) in [6, 6.07) is 0. The molecule has 0 aliphatic carbocycles. The molecule has 0 aromatic rings. The Morgan fingerprint density at radius 3 is 1.88 bits per heavy atom. The van der Waals surface area contributed by atoms with Crippen molar-refractivity contribution in [3.63, 3.8) is 0 Å². The van der Waals surface area contributed by atoms with Crippen LogP contribution in [0.3, 0.4) is 0 Å². The van der Waals surface area contributed by atoms with Gasteiger partial charge in [0.1, 0.15) is 0 Å². The molecule has 0 spiro atoms. The van der Waals surface area contributed by atoms with Gasteiger partial charge in [0.15, 0.2) is 5.96 Å². The number of rotatable bonds is 1. The summed E-state index contributed by atoms with van der Waals surface area (Å²) in [6.45, 7) is 3.73. The lowest BCUT2D eigenvalue weighted by molar-refractivity contribution is 1.52. The molecule has 4 N–H and O–H groups in total. The molecule has 0 aliphatic heterocycles. The zero-order valence-corrected chi connectivity index (χ0v) is 6.67. The van der Waals surface area contributed by atoms with E-state index in [1.54, 1.807) is 0 Å². The summed E-state index contributed by atoms with van der Waals surface area (Å²) in [5.41, 5.74) is 10.1. The molecular weight excluding hydrogens is 141 g/mol. The smallest absolute Gasteiger partial charge is 0.190 e. The second kappa shape index (κ2) is 2.46. The molecule has 0 saturated carbocycles. The summed E-state index contributed by atoms with van der Waals surface area (Å²) in [5, 5.41) is 0. The molecule has 0 aliphatic rings. The Morgan fingerprint density at radius 1 is 1.50 bits per heavy atom. The van der Waals surface area contributed by atoms with Gasteiger partial charge in [-0.2, -0.15) is 0 Å². The van der Waals surface area contributed by atoms with E-state index in [4.69, 9.17) is 23.3 Å². The van der Waals surface area contributed by atoms with Crippen molar-refractivity contribution in [3.05, 3.63) is 0 Å². The molecule has 0 radical (unpaired) electrons. The predicted octanol–water partition coefficient (Wildman–Crippen LogP) is -0.0861. The molecule has 8 heavy (non-hydrogen) atoms. The lowest BCUT2D eigenvalue weighted by Crippen LogP contribution is -2.22. The van der Waals surface area contributed by atoms with E-state index in [9.17, 15) is 0 Å². The van der Waals surface area contributed by atoms with Crippen molar-refractivity contribution in [2.75, 3.05) is 13.3 Å². The first-order valence-electron chi connectivity index (χ1n) is 2.08. The van der Waals surface area contributed by atoms with Crippen molar-refractivity contribution in [2.45, 2.75) is 0 Å². The van der Waals surface area contributed by atoms with Crippen molar-refractivity contribution in [1.29, 1.82) is 0 Å². The van der Waals surface area contributed by atoms with Crippen molar-refractivity contribution in [1.82, 2.24) is 0 Å². The third-order valence-electron chi connectivity index (χ3n) is 0.356. The Balaban J connectivity index is 4.11. The van der Waals surface area contributed by atoms with Gasteiger partial charge in [0.25, 0.3) is 0 Å². The van der Waals surface area contributed by atoms with Gasteiger partial charge in [-0.3, -0.25) is 0 Å². The molecule has 0 fully saturated rings. The molecule has 0 heterocycles. The second-order valence-electron chi connectivity index (χ2n) is 1.82. The number of nitrogens with two attached hydrogens (primary N) is 2. The quantitative estimate of drug-likeness (QED) is 0.313. The summed E-state index contributed by atoms with van der Waals surface area (Å²) >= 11 is 4.92. The van der Waals surface area contributed by atoms with Gasteiger partial charge in [0.05, 0.1) is 6.19 Å². The summed E-state index contributed by atoms with van der Waals surface area (Å²) in [7, 11) is 0. The van der Waals surface area contributed by atoms with Gasteiger partial charge in [0.2, 0.25) is 0 Å².